The second kappa shape index (κ2) is 6.40. The van der Waals surface area contributed by atoms with Gasteiger partial charge in [-0.3, -0.25) is 0 Å². The highest BCUT2D eigenvalue weighted by Crippen LogP contribution is 2.34. The number of benzene rings is 1. The molecule has 1 heterocycles. The second-order valence-electron chi connectivity index (χ2n) is 7.72. The third-order valence-electron chi connectivity index (χ3n) is 3.76. The molecule has 0 bridgehead atoms. The van der Waals surface area contributed by atoms with Gasteiger partial charge in [-0.1, -0.05) is 12.1 Å². The fourth-order valence-corrected chi connectivity index (χ4v) is 2.53. The van der Waals surface area contributed by atoms with Crippen molar-refractivity contribution in [3.05, 3.63) is 29.3 Å². The molecule has 5 heteroatoms. The normalized spacial score (nSPS) is 17.7. The third-order valence-corrected chi connectivity index (χ3v) is 3.76. The topological polar surface area (TPSA) is 73.6 Å². The molecule has 1 aliphatic heterocycles. The zero-order chi connectivity index (χ0) is 17.3. The molecule has 1 aromatic rings. The first-order valence-electron chi connectivity index (χ1n) is 8.10. The molecule has 1 aromatic carbocycles. The maximum Gasteiger partial charge on any atom is 0.407 e. The average Bonchev–Trinajstić information content (AvgIpc) is 2.41. The lowest BCUT2D eigenvalue weighted by atomic mass is 9.92. The summed E-state index contributed by atoms with van der Waals surface area (Å²) in [5.74, 6) is 0.928. The van der Waals surface area contributed by atoms with Crippen LogP contribution in [0, 0.1) is 0 Å². The molecular weight excluding hydrogens is 292 g/mol. The van der Waals surface area contributed by atoms with Gasteiger partial charge in [0.25, 0.3) is 0 Å². The molecule has 1 atom stereocenters. The first-order valence-corrected chi connectivity index (χ1v) is 8.10. The lowest BCUT2D eigenvalue weighted by Crippen LogP contribution is -2.36. The van der Waals surface area contributed by atoms with E-state index in [-0.39, 0.29) is 11.6 Å². The molecule has 0 aliphatic carbocycles. The molecule has 128 valence electrons. The Morgan fingerprint density at radius 3 is 2.78 bits per heavy atom. The molecule has 0 spiro atoms. The Hall–Kier alpha value is -1.75. The molecule has 0 saturated carbocycles. The van der Waals surface area contributed by atoms with E-state index in [1.54, 1.807) is 0 Å². The van der Waals surface area contributed by atoms with Crippen LogP contribution in [0.4, 0.5) is 4.79 Å². The quantitative estimate of drug-likeness (QED) is 0.896. The standard InChI is InChI=1S/C18H28N2O3/c1-17(2,3)23-16(21)20-11-14(19)12-6-7-15-13(10-12)8-9-18(4,5)22-15/h6-7,10,14H,8-9,11,19H2,1-5H3,(H,20,21). The van der Waals surface area contributed by atoms with Gasteiger partial charge >= 0.3 is 6.09 Å². The van der Waals surface area contributed by atoms with Crippen LogP contribution in [0.3, 0.4) is 0 Å². The van der Waals surface area contributed by atoms with E-state index in [1.807, 2.05) is 32.9 Å². The number of nitrogens with one attached hydrogen (secondary N) is 1. The summed E-state index contributed by atoms with van der Waals surface area (Å²) in [6.45, 7) is 10.0. The largest absolute Gasteiger partial charge is 0.488 e. The van der Waals surface area contributed by atoms with Gasteiger partial charge in [0.1, 0.15) is 17.0 Å². The van der Waals surface area contributed by atoms with Gasteiger partial charge in [0.15, 0.2) is 0 Å². The minimum Gasteiger partial charge on any atom is -0.488 e. The molecule has 1 unspecified atom stereocenters. The molecule has 0 radical (unpaired) electrons. The highest BCUT2D eigenvalue weighted by molar-refractivity contribution is 5.67. The smallest absolute Gasteiger partial charge is 0.407 e. The predicted octanol–water partition coefficient (Wildman–Crippen LogP) is 3.31. The predicted molar refractivity (Wildman–Crippen MR) is 90.6 cm³/mol. The van der Waals surface area contributed by atoms with E-state index >= 15 is 0 Å². The Balaban J connectivity index is 1.96. The monoisotopic (exact) mass is 320 g/mol. The summed E-state index contributed by atoms with van der Waals surface area (Å²) in [6, 6.07) is 5.73. The number of ether oxygens (including phenoxy) is 2. The van der Waals surface area contributed by atoms with Gasteiger partial charge in [-0.05, 0) is 64.7 Å². The summed E-state index contributed by atoms with van der Waals surface area (Å²) in [4.78, 5) is 11.7. The Bertz CT molecular complexity index is 576. The summed E-state index contributed by atoms with van der Waals surface area (Å²) in [6.07, 6.45) is 1.51. The Labute approximate surface area is 138 Å². The van der Waals surface area contributed by atoms with Gasteiger partial charge in [0, 0.05) is 12.6 Å². The maximum atomic E-state index is 11.7. The van der Waals surface area contributed by atoms with Crippen LogP contribution in [0.1, 0.15) is 58.2 Å². The lowest BCUT2D eigenvalue weighted by molar-refractivity contribution is 0.0524. The number of fused-ring (bicyclic) bond motifs is 1. The van der Waals surface area contributed by atoms with Gasteiger partial charge in [-0.2, -0.15) is 0 Å². The van der Waals surface area contributed by atoms with Crippen molar-refractivity contribution in [3.8, 4) is 5.75 Å². The highest BCUT2D eigenvalue weighted by Gasteiger charge is 2.27. The number of carbonyl (C=O) groups is 1. The number of alkyl carbamates (subject to hydrolysis) is 1. The van der Waals surface area contributed by atoms with E-state index in [1.165, 1.54) is 5.56 Å². The van der Waals surface area contributed by atoms with E-state index in [4.69, 9.17) is 15.2 Å². The fourth-order valence-electron chi connectivity index (χ4n) is 2.53. The van der Waals surface area contributed by atoms with Crippen molar-refractivity contribution < 1.29 is 14.3 Å². The lowest BCUT2D eigenvalue weighted by Gasteiger charge is -2.33. The molecule has 0 aromatic heterocycles. The minimum atomic E-state index is -0.510. The molecule has 2 rings (SSSR count). The van der Waals surface area contributed by atoms with Crippen LogP contribution in [0.15, 0.2) is 18.2 Å². The van der Waals surface area contributed by atoms with E-state index in [0.717, 1.165) is 24.2 Å². The van der Waals surface area contributed by atoms with Gasteiger partial charge in [-0.15, -0.1) is 0 Å². The summed E-state index contributed by atoms with van der Waals surface area (Å²) in [7, 11) is 0. The van der Waals surface area contributed by atoms with Crippen LogP contribution in [0.5, 0.6) is 5.75 Å². The zero-order valence-corrected chi connectivity index (χ0v) is 14.7. The molecule has 23 heavy (non-hydrogen) atoms. The van der Waals surface area contributed by atoms with E-state index in [2.05, 4.69) is 25.2 Å². The molecule has 1 amide bonds. The third kappa shape index (κ3) is 5.13. The van der Waals surface area contributed by atoms with Gasteiger partial charge in [0.05, 0.1) is 0 Å². The first-order chi connectivity index (χ1) is 10.6. The Morgan fingerprint density at radius 2 is 2.13 bits per heavy atom. The van der Waals surface area contributed by atoms with Crippen molar-refractivity contribution in [2.24, 2.45) is 5.73 Å². The highest BCUT2D eigenvalue weighted by atomic mass is 16.6. The van der Waals surface area contributed by atoms with Crippen molar-refractivity contribution in [1.29, 1.82) is 0 Å². The Morgan fingerprint density at radius 1 is 1.43 bits per heavy atom. The SMILES string of the molecule is CC(C)(C)OC(=O)NCC(N)c1ccc2c(c1)CCC(C)(C)O2. The van der Waals surface area contributed by atoms with Crippen LogP contribution in [0.2, 0.25) is 0 Å². The van der Waals surface area contributed by atoms with Crippen molar-refractivity contribution in [3.63, 3.8) is 0 Å². The molecule has 1 aliphatic rings. The molecular formula is C18H28N2O3. The van der Waals surface area contributed by atoms with Gasteiger partial charge < -0.3 is 20.5 Å². The molecule has 3 N–H and O–H groups in total. The van der Waals surface area contributed by atoms with Crippen LogP contribution >= 0.6 is 0 Å². The number of hydrogen-bond acceptors (Lipinski definition) is 4. The van der Waals surface area contributed by atoms with Gasteiger partial charge in [0.2, 0.25) is 0 Å². The van der Waals surface area contributed by atoms with Crippen molar-refractivity contribution in [2.75, 3.05) is 6.54 Å². The molecule has 0 fully saturated rings. The maximum absolute atomic E-state index is 11.7. The van der Waals surface area contributed by atoms with Crippen LogP contribution in [-0.2, 0) is 11.2 Å². The summed E-state index contributed by atoms with van der Waals surface area (Å²) >= 11 is 0. The summed E-state index contributed by atoms with van der Waals surface area (Å²) in [5.41, 5.74) is 7.72. The van der Waals surface area contributed by atoms with E-state index < -0.39 is 11.7 Å². The summed E-state index contributed by atoms with van der Waals surface area (Å²) < 4.78 is 11.2. The number of aryl methyl sites for hydroxylation is 1. The first kappa shape index (κ1) is 17.6. The zero-order valence-electron chi connectivity index (χ0n) is 14.7. The fraction of sp³-hybridized carbons (Fsp3) is 0.611. The number of nitrogens with two attached hydrogens (primary N) is 1. The number of rotatable bonds is 3. The summed E-state index contributed by atoms with van der Waals surface area (Å²) in [5, 5.41) is 2.71. The van der Waals surface area contributed by atoms with E-state index in [0.29, 0.717) is 6.54 Å². The minimum absolute atomic E-state index is 0.116. The number of hydrogen-bond donors (Lipinski definition) is 2. The molecule has 0 saturated heterocycles. The number of carbonyl (C=O) groups excluding carboxylic acids is 1. The van der Waals surface area contributed by atoms with E-state index in [9.17, 15) is 4.79 Å². The van der Waals surface area contributed by atoms with Crippen molar-refractivity contribution >= 4 is 6.09 Å². The van der Waals surface area contributed by atoms with Crippen LogP contribution in [-0.4, -0.2) is 23.8 Å². The number of amides is 1. The molecule has 5 nitrogen and oxygen atoms in total. The van der Waals surface area contributed by atoms with Crippen LogP contribution in [0.25, 0.3) is 0 Å². The second-order valence-corrected chi connectivity index (χ2v) is 7.72. The Kier molecular flexibility index (Phi) is 4.90. The van der Waals surface area contributed by atoms with Crippen molar-refractivity contribution in [1.82, 2.24) is 5.32 Å². The average molecular weight is 320 g/mol. The van der Waals surface area contributed by atoms with Crippen molar-refractivity contribution in [2.45, 2.75) is 64.7 Å². The van der Waals surface area contributed by atoms with Gasteiger partial charge in [-0.25, -0.2) is 4.79 Å². The van der Waals surface area contributed by atoms with Crippen LogP contribution < -0.4 is 15.8 Å².